The number of carbonyl (C=O) groups excluding carboxylic acids is 1. The van der Waals surface area contributed by atoms with Crippen molar-refractivity contribution < 1.29 is 23.7 Å². The first-order valence-corrected chi connectivity index (χ1v) is 8.25. The summed E-state index contributed by atoms with van der Waals surface area (Å²) >= 11 is 0. The molecule has 1 aliphatic heterocycles. The lowest BCUT2D eigenvalue weighted by Gasteiger charge is -2.05. The largest absolute Gasteiger partial charge is 0.460 e. The maximum atomic E-state index is 12.5. The fourth-order valence-corrected chi connectivity index (χ4v) is 2.40. The summed E-state index contributed by atoms with van der Waals surface area (Å²) in [4.78, 5) is 16.9. The zero-order chi connectivity index (χ0) is 17.6. The Hall–Kier alpha value is -2.61. The third-order valence-corrected chi connectivity index (χ3v) is 3.72. The van der Waals surface area contributed by atoms with Gasteiger partial charge in [0.1, 0.15) is 6.61 Å². The van der Waals surface area contributed by atoms with Crippen molar-refractivity contribution in [3.05, 3.63) is 18.2 Å². The van der Waals surface area contributed by atoms with Gasteiger partial charge in [0.2, 0.25) is 12.7 Å². The van der Waals surface area contributed by atoms with Crippen LogP contribution in [0.1, 0.15) is 31.0 Å². The van der Waals surface area contributed by atoms with Crippen molar-refractivity contribution >= 4 is 5.91 Å². The molecule has 134 valence electrons. The molecule has 0 spiro atoms. The summed E-state index contributed by atoms with van der Waals surface area (Å²) in [6.07, 6.45) is 2.12. The van der Waals surface area contributed by atoms with Crippen LogP contribution in [-0.2, 0) is 4.74 Å². The molecule has 0 amide bonds. The molecule has 0 N–H and O–H groups in total. The molecule has 0 unspecified atom stereocenters. The SMILES string of the molecule is CCCCC(=O)n1nc(OCCOC)nc1-c1ccc2c(c1)OCO2. The van der Waals surface area contributed by atoms with Crippen molar-refractivity contribution in [2.75, 3.05) is 27.1 Å². The Bertz CT molecular complexity index is 744. The molecule has 0 fully saturated rings. The van der Waals surface area contributed by atoms with E-state index in [1.54, 1.807) is 19.2 Å². The molecule has 1 aromatic heterocycles. The van der Waals surface area contributed by atoms with Gasteiger partial charge in [-0.15, -0.1) is 5.10 Å². The summed E-state index contributed by atoms with van der Waals surface area (Å²) in [5, 5.41) is 4.21. The smallest absolute Gasteiger partial charge is 0.336 e. The van der Waals surface area contributed by atoms with Gasteiger partial charge in [-0.3, -0.25) is 4.79 Å². The predicted octanol–water partition coefficient (Wildman–Crippen LogP) is 2.53. The van der Waals surface area contributed by atoms with Gasteiger partial charge in [-0.1, -0.05) is 13.3 Å². The molecular formula is C17H21N3O5. The van der Waals surface area contributed by atoms with Gasteiger partial charge >= 0.3 is 6.01 Å². The molecule has 0 saturated carbocycles. The molecule has 0 radical (unpaired) electrons. The van der Waals surface area contributed by atoms with E-state index in [0.717, 1.165) is 12.8 Å². The minimum atomic E-state index is -0.122. The van der Waals surface area contributed by atoms with Gasteiger partial charge in [0.15, 0.2) is 17.3 Å². The molecule has 3 rings (SSSR count). The first-order valence-electron chi connectivity index (χ1n) is 8.25. The topological polar surface area (TPSA) is 84.7 Å². The quantitative estimate of drug-likeness (QED) is 0.678. The Balaban J connectivity index is 1.90. The van der Waals surface area contributed by atoms with E-state index >= 15 is 0 Å². The molecule has 8 heteroatoms. The summed E-state index contributed by atoms with van der Waals surface area (Å²) < 4.78 is 22.4. The number of carbonyl (C=O) groups is 1. The summed E-state index contributed by atoms with van der Waals surface area (Å²) in [6.45, 7) is 2.95. The molecule has 0 saturated heterocycles. The van der Waals surface area contributed by atoms with Crippen LogP contribution in [0.5, 0.6) is 17.5 Å². The fourth-order valence-electron chi connectivity index (χ4n) is 2.40. The molecule has 8 nitrogen and oxygen atoms in total. The lowest BCUT2D eigenvalue weighted by Crippen LogP contribution is -2.14. The molecular weight excluding hydrogens is 326 g/mol. The van der Waals surface area contributed by atoms with E-state index in [2.05, 4.69) is 10.1 Å². The van der Waals surface area contributed by atoms with Gasteiger partial charge in [0.25, 0.3) is 0 Å². The Morgan fingerprint density at radius 2 is 2.12 bits per heavy atom. The van der Waals surface area contributed by atoms with Crippen LogP contribution in [0, 0.1) is 0 Å². The first-order chi connectivity index (χ1) is 12.2. The van der Waals surface area contributed by atoms with E-state index in [0.29, 0.717) is 42.5 Å². The van der Waals surface area contributed by atoms with E-state index in [4.69, 9.17) is 18.9 Å². The summed E-state index contributed by atoms with van der Waals surface area (Å²) in [7, 11) is 1.59. The Morgan fingerprint density at radius 1 is 1.28 bits per heavy atom. The number of methoxy groups -OCH3 is 1. The van der Waals surface area contributed by atoms with E-state index in [9.17, 15) is 4.79 Å². The number of ether oxygens (including phenoxy) is 4. The Kier molecular flexibility index (Phi) is 5.49. The summed E-state index contributed by atoms with van der Waals surface area (Å²) in [5.74, 6) is 1.59. The normalized spacial score (nSPS) is 12.4. The molecule has 25 heavy (non-hydrogen) atoms. The van der Waals surface area contributed by atoms with Crippen molar-refractivity contribution in [1.29, 1.82) is 0 Å². The highest BCUT2D eigenvalue weighted by molar-refractivity contribution is 5.82. The molecule has 0 atom stereocenters. The third-order valence-electron chi connectivity index (χ3n) is 3.72. The molecule has 2 heterocycles. The number of unbranched alkanes of at least 4 members (excludes halogenated alkanes) is 1. The lowest BCUT2D eigenvalue weighted by molar-refractivity contribution is 0.0882. The van der Waals surface area contributed by atoms with Crippen molar-refractivity contribution in [3.63, 3.8) is 0 Å². The fraction of sp³-hybridized carbons (Fsp3) is 0.471. The number of nitrogens with zero attached hydrogens (tertiary/aromatic N) is 3. The van der Waals surface area contributed by atoms with E-state index in [-0.39, 0.29) is 18.7 Å². The standard InChI is InChI=1S/C17H21N3O5/c1-3-4-5-15(21)20-16(18-17(19-20)23-9-8-22-2)12-6-7-13-14(10-12)25-11-24-13/h6-7,10H,3-5,8-9,11H2,1-2H3. The number of hydrogen-bond acceptors (Lipinski definition) is 7. The second-order valence-corrected chi connectivity index (χ2v) is 5.54. The first kappa shape index (κ1) is 17.2. The monoisotopic (exact) mass is 347 g/mol. The Labute approximate surface area is 145 Å². The second kappa shape index (κ2) is 7.98. The van der Waals surface area contributed by atoms with E-state index in [1.165, 1.54) is 4.68 Å². The van der Waals surface area contributed by atoms with Gasteiger partial charge in [-0.05, 0) is 24.6 Å². The third kappa shape index (κ3) is 3.90. The van der Waals surface area contributed by atoms with Gasteiger partial charge in [-0.2, -0.15) is 9.67 Å². The van der Waals surface area contributed by atoms with Crippen LogP contribution < -0.4 is 14.2 Å². The van der Waals surface area contributed by atoms with Crippen LogP contribution in [0.2, 0.25) is 0 Å². The van der Waals surface area contributed by atoms with Gasteiger partial charge in [0.05, 0.1) is 6.61 Å². The number of hydrogen-bond donors (Lipinski definition) is 0. The number of rotatable bonds is 8. The van der Waals surface area contributed by atoms with Crippen molar-refractivity contribution in [2.24, 2.45) is 0 Å². The molecule has 2 aromatic rings. The number of fused-ring (bicyclic) bond motifs is 1. The van der Waals surface area contributed by atoms with Crippen LogP contribution >= 0.6 is 0 Å². The van der Waals surface area contributed by atoms with Gasteiger partial charge in [0, 0.05) is 19.1 Å². The maximum Gasteiger partial charge on any atom is 0.336 e. The maximum absolute atomic E-state index is 12.5. The van der Waals surface area contributed by atoms with Crippen LogP contribution in [0.15, 0.2) is 18.2 Å². The average Bonchev–Trinajstić information content (AvgIpc) is 3.26. The van der Waals surface area contributed by atoms with E-state index in [1.807, 2.05) is 13.0 Å². The van der Waals surface area contributed by atoms with Gasteiger partial charge in [-0.25, -0.2) is 0 Å². The minimum absolute atomic E-state index is 0.122. The highest BCUT2D eigenvalue weighted by Gasteiger charge is 2.21. The zero-order valence-corrected chi connectivity index (χ0v) is 14.4. The van der Waals surface area contributed by atoms with Crippen molar-refractivity contribution in [3.8, 4) is 28.9 Å². The van der Waals surface area contributed by atoms with Gasteiger partial charge < -0.3 is 18.9 Å². The van der Waals surface area contributed by atoms with Crippen LogP contribution in [0.25, 0.3) is 11.4 Å². The zero-order valence-electron chi connectivity index (χ0n) is 14.4. The average molecular weight is 347 g/mol. The van der Waals surface area contributed by atoms with Crippen molar-refractivity contribution in [1.82, 2.24) is 14.8 Å². The minimum Gasteiger partial charge on any atom is -0.460 e. The van der Waals surface area contributed by atoms with E-state index < -0.39 is 0 Å². The number of aromatic nitrogens is 3. The molecule has 1 aromatic carbocycles. The summed E-state index contributed by atoms with van der Waals surface area (Å²) in [6, 6.07) is 5.54. The second-order valence-electron chi connectivity index (χ2n) is 5.54. The Morgan fingerprint density at radius 3 is 2.92 bits per heavy atom. The number of benzene rings is 1. The molecule has 0 bridgehead atoms. The van der Waals surface area contributed by atoms with Crippen LogP contribution in [-0.4, -0.2) is 47.8 Å². The molecule has 1 aliphatic rings. The molecule has 0 aliphatic carbocycles. The summed E-state index contributed by atoms with van der Waals surface area (Å²) in [5.41, 5.74) is 0.711. The lowest BCUT2D eigenvalue weighted by atomic mass is 10.2. The van der Waals surface area contributed by atoms with Crippen LogP contribution in [0.3, 0.4) is 0 Å². The highest BCUT2D eigenvalue weighted by atomic mass is 16.7. The highest BCUT2D eigenvalue weighted by Crippen LogP contribution is 2.35. The van der Waals surface area contributed by atoms with Crippen LogP contribution in [0.4, 0.5) is 0 Å². The predicted molar refractivity (Wildman–Crippen MR) is 89.1 cm³/mol. The van der Waals surface area contributed by atoms with Crippen molar-refractivity contribution in [2.45, 2.75) is 26.2 Å².